The van der Waals surface area contributed by atoms with Crippen molar-refractivity contribution in [1.82, 2.24) is 20.1 Å². The predicted molar refractivity (Wildman–Crippen MR) is 74.7 cm³/mol. The summed E-state index contributed by atoms with van der Waals surface area (Å²) in [6.07, 6.45) is 3.89. The Morgan fingerprint density at radius 1 is 1.33 bits per heavy atom. The van der Waals surface area contributed by atoms with Crippen LogP contribution in [0, 0.1) is 6.92 Å². The molecule has 2 rings (SSSR count). The highest BCUT2D eigenvalue weighted by Crippen LogP contribution is 2.23. The van der Waals surface area contributed by atoms with E-state index in [4.69, 9.17) is 0 Å². The maximum Gasteiger partial charge on any atom is 0.0503 e. The van der Waals surface area contributed by atoms with Crippen LogP contribution in [0.15, 0.2) is 18.5 Å². The van der Waals surface area contributed by atoms with Crippen LogP contribution in [0.3, 0.4) is 0 Å². The van der Waals surface area contributed by atoms with E-state index >= 15 is 0 Å². The molecule has 0 radical (unpaired) electrons. The fourth-order valence-corrected chi connectivity index (χ4v) is 2.73. The Bertz CT molecular complexity index is 393. The molecule has 18 heavy (non-hydrogen) atoms. The molecule has 2 unspecified atom stereocenters. The second-order valence-electron chi connectivity index (χ2n) is 5.37. The first kappa shape index (κ1) is 13.5. The van der Waals surface area contributed by atoms with E-state index in [-0.39, 0.29) is 0 Å². The van der Waals surface area contributed by atoms with Gasteiger partial charge in [0.05, 0.1) is 6.04 Å². The summed E-state index contributed by atoms with van der Waals surface area (Å²) in [5.41, 5.74) is 2.50. The summed E-state index contributed by atoms with van der Waals surface area (Å²) in [5, 5.41) is 3.46. The molecular formula is C14H24N4. The number of nitrogens with zero attached hydrogens (tertiary/aromatic N) is 3. The highest BCUT2D eigenvalue weighted by molar-refractivity contribution is 5.22. The fraction of sp³-hybridized carbons (Fsp3) is 0.643. The molecule has 0 spiro atoms. The summed E-state index contributed by atoms with van der Waals surface area (Å²) >= 11 is 0. The van der Waals surface area contributed by atoms with Crippen LogP contribution in [0.1, 0.15) is 17.2 Å². The van der Waals surface area contributed by atoms with Crippen molar-refractivity contribution in [2.45, 2.75) is 19.0 Å². The van der Waals surface area contributed by atoms with Crippen molar-refractivity contribution in [2.24, 2.45) is 0 Å². The van der Waals surface area contributed by atoms with Gasteiger partial charge in [-0.3, -0.25) is 9.88 Å². The molecule has 1 saturated heterocycles. The molecule has 0 amide bonds. The second-order valence-corrected chi connectivity index (χ2v) is 5.37. The zero-order chi connectivity index (χ0) is 13.1. The predicted octanol–water partition coefficient (Wildman–Crippen LogP) is 0.896. The molecule has 1 fully saturated rings. The molecule has 0 aromatic carbocycles. The average molecular weight is 248 g/mol. The van der Waals surface area contributed by atoms with Gasteiger partial charge in [-0.1, -0.05) is 6.07 Å². The maximum absolute atomic E-state index is 4.32. The maximum atomic E-state index is 4.32. The summed E-state index contributed by atoms with van der Waals surface area (Å²) in [5.74, 6) is 0. The van der Waals surface area contributed by atoms with Gasteiger partial charge < -0.3 is 10.2 Å². The number of piperazine rings is 1. The first-order valence-electron chi connectivity index (χ1n) is 6.59. The summed E-state index contributed by atoms with van der Waals surface area (Å²) in [6, 6.07) is 3.07. The van der Waals surface area contributed by atoms with Gasteiger partial charge in [-0.05, 0) is 39.2 Å². The molecule has 1 N–H and O–H groups in total. The van der Waals surface area contributed by atoms with Crippen molar-refractivity contribution in [3.8, 4) is 0 Å². The van der Waals surface area contributed by atoms with Crippen molar-refractivity contribution in [2.75, 3.05) is 40.8 Å². The highest BCUT2D eigenvalue weighted by atomic mass is 15.3. The quantitative estimate of drug-likeness (QED) is 0.861. The molecule has 0 aliphatic carbocycles. The number of nitrogens with one attached hydrogen (secondary N) is 1. The Hall–Kier alpha value is -0.970. The Labute approximate surface area is 110 Å². The molecule has 4 heteroatoms. The molecule has 2 atom stereocenters. The Morgan fingerprint density at radius 2 is 2.11 bits per heavy atom. The van der Waals surface area contributed by atoms with Crippen LogP contribution in [0.4, 0.5) is 0 Å². The normalized spacial score (nSPS) is 24.1. The Balaban J connectivity index is 2.21. The van der Waals surface area contributed by atoms with Crippen LogP contribution in [-0.2, 0) is 0 Å². The summed E-state index contributed by atoms with van der Waals surface area (Å²) in [4.78, 5) is 9.17. The van der Waals surface area contributed by atoms with Crippen molar-refractivity contribution >= 4 is 0 Å². The molecule has 0 bridgehead atoms. The van der Waals surface area contributed by atoms with Crippen molar-refractivity contribution in [3.63, 3.8) is 0 Å². The van der Waals surface area contributed by atoms with Gasteiger partial charge in [-0.2, -0.15) is 0 Å². The molecule has 0 saturated carbocycles. The molecule has 1 aromatic heterocycles. The van der Waals surface area contributed by atoms with Crippen LogP contribution in [0.25, 0.3) is 0 Å². The summed E-state index contributed by atoms with van der Waals surface area (Å²) in [6.45, 7) is 5.46. The largest absolute Gasteiger partial charge is 0.312 e. The zero-order valence-corrected chi connectivity index (χ0v) is 11.8. The van der Waals surface area contributed by atoms with Crippen molar-refractivity contribution < 1.29 is 0 Å². The fourth-order valence-electron chi connectivity index (χ4n) is 2.73. The van der Waals surface area contributed by atoms with Crippen molar-refractivity contribution in [1.29, 1.82) is 0 Å². The van der Waals surface area contributed by atoms with Gasteiger partial charge in [-0.15, -0.1) is 0 Å². The first-order valence-corrected chi connectivity index (χ1v) is 6.59. The van der Waals surface area contributed by atoms with E-state index in [1.54, 1.807) is 0 Å². The van der Waals surface area contributed by atoms with Gasteiger partial charge in [-0.25, -0.2) is 0 Å². The molecule has 2 heterocycles. The van der Waals surface area contributed by atoms with Gasteiger partial charge >= 0.3 is 0 Å². The summed E-state index contributed by atoms with van der Waals surface area (Å²) in [7, 11) is 6.45. The first-order chi connectivity index (χ1) is 8.61. The third kappa shape index (κ3) is 2.88. The minimum Gasteiger partial charge on any atom is -0.312 e. The van der Waals surface area contributed by atoms with Crippen LogP contribution in [0.5, 0.6) is 0 Å². The minimum atomic E-state index is 0.338. The Morgan fingerprint density at radius 3 is 2.78 bits per heavy atom. The van der Waals surface area contributed by atoms with Gasteiger partial charge in [0.2, 0.25) is 0 Å². The average Bonchev–Trinajstić information content (AvgIpc) is 2.35. The van der Waals surface area contributed by atoms with E-state index < -0.39 is 0 Å². The smallest absolute Gasteiger partial charge is 0.0503 e. The molecule has 100 valence electrons. The molecule has 4 nitrogen and oxygen atoms in total. The SMILES string of the molecule is CNC(c1cncc(C)c1)C1CN(C)CCN1C. The lowest BCUT2D eigenvalue weighted by Crippen LogP contribution is -2.54. The van der Waals surface area contributed by atoms with Gasteiger partial charge in [0, 0.05) is 38.1 Å². The third-order valence-corrected chi connectivity index (χ3v) is 3.85. The molecule has 1 aliphatic heterocycles. The number of hydrogen-bond acceptors (Lipinski definition) is 4. The molecular weight excluding hydrogens is 224 g/mol. The zero-order valence-electron chi connectivity index (χ0n) is 11.8. The highest BCUT2D eigenvalue weighted by Gasteiger charge is 2.30. The number of likely N-dealkylation sites (N-methyl/N-ethyl adjacent to an activating group) is 3. The molecule has 1 aliphatic rings. The number of pyridine rings is 1. The van der Waals surface area contributed by atoms with Crippen LogP contribution in [-0.4, -0.2) is 61.6 Å². The number of hydrogen-bond donors (Lipinski definition) is 1. The third-order valence-electron chi connectivity index (χ3n) is 3.85. The lowest BCUT2D eigenvalue weighted by atomic mass is 9.97. The standard InChI is InChI=1S/C14H24N4/c1-11-7-12(9-16-8-11)14(15-2)13-10-17(3)5-6-18(13)4/h7-9,13-15H,5-6,10H2,1-4H3. The topological polar surface area (TPSA) is 31.4 Å². The number of aryl methyl sites for hydroxylation is 1. The van der Waals surface area contributed by atoms with Crippen LogP contribution in [0.2, 0.25) is 0 Å². The number of rotatable bonds is 3. The number of aromatic nitrogens is 1. The molecule has 1 aromatic rings. The minimum absolute atomic E-state index is 0.338. The van der Waals surface area contributed by atoms with E-state index in [0.717, 1.165) is 19.6 Å². The van der Waals surface area contributed by atoms with Crippen LogP contribution < -0.4 is 5.32 Å². The lowest BCUT2D eigenvalue weighted by molar-refractivity contribution is 0.0896. The lowest BCUT2D eigenvalue weighted by Gasteiger charge is -2.42. The van der Waals surface area contributed by atoms with Gasteiger partial charge in [0.15, 0.2) is 0 Å². The van der Waals surface area contributed by atoms with E-state index in [2.05, 4.69) is 47.2 Å². The van der Waals surface area contributed by atoms with E-state index in [9.17, 15) is 0 Å². The van der Waals surface area contributed by atoms with E-state index in [0.29, 0.717) is 12.1 Å². The monoisotopic (exact) mass is 248 g/mol. The second kappa shape index (κ2) is 5.78. The van der Waals surface area contributed by atoms with Crippen molar-refractivity contribution in [3.05, 3.63) is 29.6 Å². The summed E-state index contributed by atoms with van der Waals surface area (Å²) < 4.78 is 0. The van der Waals surface area contributed by atoms with Crippen LogP contribution >= 0.6 is 0 Å². The Kier molecular flexibility index (Phi) is 4.32. The van der Waals surface area contributed by atoms with Gasteiger partial charge in [0.25, 0.3) is 0 Å². The van der Waals surface area contributed by atoms with E-state index in [1.807, 2.05) is 19.4 Å². The van der Waals surface area contributed by atoms with Gasteiger partial charge in [0.1, 0.15) is 0 Å². The van der Waals surface area contributed by atoms with E-state index in [1.165, 1.54) is 11.1 Å².